The van der Waals surface area contributed by atoms with Crippen LogP contribution in [-0.4, -0.2) is 29.3 Å². The minimum atomic E-state index is -0.216. The number of pyridine rings is 1. The van der Waals surface area contributed by atoms with Gasteiger partial charge in [-0.2, -0.15) is 5.26 Å². The van der Waals surface area contributed by atoms with Gasteiger partial charge in [0.05, 0.1) is 17.7 Å². The van der Waals surface area contributed by atoms with Crippen molar-refractivity contribution in [2.45, 2.75) is 26.4 Å². The molecule has 4 nitrogen and oxygen atoms in total. The molecule has 1 saturated heterocycles. The summed E-state index contributed by atoms with van der Waals surface area (Å²) < 4.78 is 0. The summed E-state index contributed by atoms with van der Waals surface area (Å²) in [6.45, 7) is 5.53. The third-order valence-electron chi connectivity index (χ3n) is 3.25. The van der Waals surface area contributed by atoms with Crippen molar-refractivity contribution in [3.63, 3.8) is 0 Å². The van der Waals surface area contributed by atoms with Gasteiger partial charge in [0, 0.05) is 18.8 Å². The second-order valence-corrected chi connectivity index (χ2v) is 4.75. The molecule has 0 spiro atoms. The fourth-order valence-electron chi connectivity index (χ4n) is 2.22. The van der Waals surface area contributed by atoms with Crippen LogP contribution in [0.15, 0.2) is 12.1 Å². The first-order valence-corrected chi connectivity index (χ1v) is 5.92. The van der Waals surface area contributed by atoms with Gasteiger partial charge in [0.1, 0.15) is 5.82 Å². The Hall–Kier alpha value is -1.60. The molecule has 1 aromatic rings. The number of nitrogens with zero attached hydrogens (tertiary/aromatic N) is 3. The van der Waals surface area contributed by atoms with Gasteiger partial charge >= 0.3 is 0 Å². The molecule has 0 amide bonds. The average Bonchev–Trinajstić information content (AvgIpc) is 2.32. The molecule has 0 radical (unpaired) electrons. The Kier molecular flexibility index (Phi) is 3.30. The monoisotopic (exact) mass is 231 g/mol. The molecule has 1 aliphatic rings. The molecule has 2 atom stereocenters. The Bertz CT molecular complexity index is 452. The van der Waals surface area contributed by atoms with E-state index in [1.54, 1.807) is 6.07 Å². The minimum absolute atomic E-state index is 0.216. The van der Waals surface area contributed by atoms with E-state index < -0.39 is 0 Å². The third kappa shape index (κ3) is 2.56. The lowest BCUT2D eigenvalue weighted by molar-refractivity contribution is 0.0969. The standard InChI is InChI=1S/C13H17N3O/c1-9-8-16(4-3-12(9)17)13-6-11(7-14)5-10(2)15-13/h5-6,9,12,17H,3-4,8H2,1-2H3. The number of aliphatic hydroxyl groups excluding tert-OH is 1. The van der Waals surface area contributed by atoms with Crippen LogP contribution in [0.4, 0.5) is 5.82 Å². The molecule has 1 aromatic heterocycles. The predicted octanol–water partition coefficient (Wildman–Crippen LogP) is 1.47. The number of nitriles is 1. The van der Waals surface area contributed by atoms with E-state index in [-0.39, 0.29) is 12.0 Å². The molecule has 90 valence electrons. The maximum atomic E-state index is 9.70. The lowest BCUT2D eigenvalue weighted by atomic mass is 9.97. The van der Waals surface area contributed by atoms with Crippen molar-refractivity contribution in [2.24, 2.45) is 5.92 Å². The van der Waals surface area contributed by atoms with Gasteiger partial charge in [0.2, 0.25) is 0 Å². The first-order valence-electron chi connectivity index (χ1n) is 5.92. The first-order chi connectivity index (χ1) is 8.10. The molecule has 17 heavy (non-hydrogen) atoms. The zero-order chi connectivity index (χ0) is 12.4. The van der Waals surface area contributed by atoms with E-state index in [0.29, 0.717) is 5.56 Å². The fourth-order valence-corrected chi connectivity index (χ4v) is 2.22. The molecule has 0 bridgehead atoms. The van der Waals surface area contributed by atoms with Crippen LogP contribution >= 0.6 is 0 Å². The van der Waals surface area contributed by atoms with Crippen molar-refractivity contribution in [1.29, 1.82) is 5.26 Å². The normalized spacial score (nSPS) is 24.5. The first kappa shape index (κ1) is 11.9. The summed E-state index contributed by atoms with van der Waals surface area (Å²) in [6, 6.07) is 5.75. The van der Waals surface area contributed by atoms with Crippen LogP contribution in [0.3, 0.4) is 0 Å². The Morgan fingerprint density at radius 2 is 2.29 bits per heavy atom. The summed E-state index contributed by atoms with van der Waals surface area (Å²) in [7, 11) is 0. The van der Waals surface area contributed by atoms with Gasteiger partial charge < -0.3 is 10.0 Å². The smallest absolute Gasteiger partial charge is 0.130 e. The average molecular weight is 231 g/mol. The van der Waals surface area contributed by atoms with Crippen molar-refractivity contribution in [3.8, 4) is 6.07 Å². The lowest BCUT2D eigenvalue weighted by Crippen LogP contribution is -2.42. The van der Waals surface area contributed by atoms with Gasteiger partial charge in [-0.1, -0.05) is 6.92 Å². The molecule has 0 saturated carbocycles. The highest BCUT2D eigenvalue weighted by atomic mass is 16.3. The van der Waals surface area contributed by atoms with Crippen LogP contribution in [0.5, 0.6) is 0 Å². The van der Waals surface area contributed by atoms with Crippen LogP contribution in [0.1, 0.15) is 24.6 Å². The predicted molar refractivity (Wildman–Crippen MR) is 65.7 cm³/mol. The number of piperidine rings is 1. The van der Waals surface area contributed by atoms with Crippen molar-refractivity contribution in [2.75, 3.05) is 18.0 Å². The quantitative estimate of drug-likeness (QED) is 0.795. The van der Waals surface area contributed by atoms with E-state index in [0.717, 1.165) is 31.0 Å². The molecule has 2 heterocycles. The van der Waals surface area contributed by atoms with E-state index in [1.807, 2.05) is 19.9 Å². The zero-order valence-electron chi connectivity index (χ0n) is 10.2. The lowest BCUT2D eigenvalue weighted by Gasteiger charge is -2.35. The van der Waals surface area contributed by atoms with Crippen LogP contribution in [0, 0.1) is 24.2 Å². The van der Waals surface area contributed by atoms with Gasteiger partial charge in [-0.3, -0.25) is 0 Å². The molecule has 4 heteroatoms. The van der Waals surface area contributed by atoms with Gasteiger partial charge in [-0.15, -0.1) is 0 Å². The van der Waals surface area contributed by atoms with E-state index in [4.69, 9.17) is 5.26 Å². The van der Waals surface area contributed by atoms with Gasteiger partial charge in [0.25, 0.3) is 0 Å². The maximum absolute atomic E-state index is 9.70. The van der Waals surface area contributed by atoms with Crippen molar-refractivity contribution < 1.29 is 5.11 Å². The van der Waals surface area contributed by atoms with Crippen LogP contribution in [0.2, 0.25) is 0 Å². The molecule has 1 N–H and O–H groups in total. The number of hydrogen-bond acceptors (Lipinski definition) is 4. The van der Waals surface area contributed by atoms with Crippen LogP contribution in [-0.2, 0) is 0 Å². The Balaban J connectivity index is 2.23. The highest BCUT2D eigenvalue weighted by Gasteiger charge is 2.25. The molecule has 1 aliphatic heterocycles. The summed E-state index contributed by atoms with van der Waals surface area (Å²) in [5.74, 6) is 1.09. The molecule has 0 aromatic carbocycles. The molecular weight excluding hydrogens is 214 g/mol. The number of rotatable bonds is 1. The Morgan fingerprint density at radius 1 is 1.53 bits per heavy atom. The maximum Gasteiger partial charge on any atom is 0.130 e. The van der Waals surface area contributed by atoms with E-state index in [9.17, 15) is 5.11 Å². The number of hydrogen-bond donors (Lipinski definition) is 1. The molecular formula is C13H17N3O. The number of aliphatic hydroxyl groups is 1. The topological polar surface area (TPSA) is 60.2 Å². The van der Waals surface area contributed by atoms with Crippen LogP contribution in [0.25, 0.3) is 0 Å². The Morgan fingerprint density at radius 3 is 2.94 bits per heavy atom. The highest BCUT2D eigenvalue weighted by molar-refractivity contribution is 5.47. The second-order valence-electron chi connectivity index (χ2n) is 4.75. The summed E-state index contributed by atoms with van der Waals surface area (Å²) in [5, 5.41) is 18.6. The van der Waals surface area contributed by atoms with Crippen LogP contribution < -0.4 is 4.90 Å². The largest absolute Gasteiger partial charge is 0.393 e. The zero-order valence-corrected chi connectivity index (χ0v) is 10.2. The number of aryl methyl sites for hydroxylation is 1. The molecule has 1 fully saturated rings. The molecule has 2 rings (SSSR count). The third-order valence-corrected chi connectivity index (χ3v) is 3.25. The SMILES string of the molecule is Cc1cc(C#N)cc(N2CCC(O)C(C)C2)n1. The van der Waals surface area contributed by atoms with Crippen molar-refractivity contribution in [1.82, 2.24) is 4.98 Å². The Labute approximate surface area is 102 Å². The summed E-state index contributed by atoms with van der Waals surface area (Å²) in [4.78, 5) is 6.60. The summed E-state index contributed by atoms with van der Waals surface area (Å²) in [6.07, 6.45) is 0.546. The van der Waals surface area contributed by atoms with Gasteiger partial charge in [-0.05, 0) is 31.4 Å². The molecule has 2 unspecified atom stereocenters. The number of aromatic nitrogens is 1. The van der Waals surface area contributed by atoms with Crippen molar-refractivity contribution >= 4 is 5.82 Å². The fraction of sp³-hybridized carbons (Fsp3) is 0.538. The minimum Gasteiger partial charge on any atom is -0.393 e. The highest BCUT2D eigenvalue weighted by Crippen LogP contribution is 2.22. The number of anilines is 1. The van der Waals surface area contributed by atoms with E-state index >= 15 is 0 Å². The van der Waals surface area contributed by atoms with Gasteiger partial charge in [0.15, 0.2) is 0 Å². The summed E-state index contributed by atoms with van der Waals surface area (Å²) in [5.41, 5.74) is 1.50. The van der Waals surface area contributed by atoms with E-state index in [1.165, 1.54) is 0 Å². The molecule has 0 aliphatic carbocycles. The van der Waals surface area contributed by atoms with E-state index in [2.05, 4.69) is 16.0 Å². The van der Waals surface area contributed by atoms with Gasteiger partial charge in [-0.25, -0.2) is 4.98 Å². The summed E-state index contributed by atoms with van der Waals surface area (Å²) >= 11 is 0. The van der Waals surface area contributed by atoms with Crippen molar-refractivity contribution in [3.05, 3.63) is 23.4 Å². The second kappa shape index (κ2) is 4.72.